The molecule has 3 amide bonds. The zero-order valence-electron chi connectivity index (χ0n) is 15.6. The molecule has 0 unspecified atom stereocenters. The molecule has 3 rings (SSSR count). The Labute approximate surface area is 159 Å². The number of carbonyl (C=O) groups is 2. The summed E-state index contributed by atoms with van der Waals surface area (Å²) >= 11 is 0. The van der Waals surface area contributed by atoms with Crippen molar-refractivity contribution in [1.29, 1.82) is 0 Å². The third-order valence-electron chi connectivity index (χ3n) is 4.69. The average molecular weight is 370 g/mol. The molecule has 2 heterocycles. The van der Waals surface area contributed by atoms with Gasteiger partial charge in [-0.2, -0.15) is 0 Å². The van der Waals surface area contributed by atoms with Gasteiger partial charge in [0.15, 0.2) is 0 Å². The molecule has 2 N–H and O–H groups in total. The molecule has 1 aromatic carbocycles. The molecule has 1 aromatic heterocycles. The van der Waals surface area contributed by atoms with E-state index in [1.54, 1.807) is 17.2 Å². The van der Waals surface area contributed by atoms with Crippen LogP contribution in [0.5, 0.6) is 0 Å². The van der Waals surface area contributed by atoms with Gasteiger partial charge >= 0.3 is 6.03 Å². The highest BCUT2D eigenvalue weighted by Crippen LogP contribution is 2.15. The van der Waals surface area contributed by atoms with Crippen molar-refractivity contribution in [3.8, 4) is 0 Å². The number of urea groups is 1. The summed E-state index contributed by atoms with van der Waals surface area (Å²) in [6.45, 7) is 5.34. The highest BCUT2D eigenvalue weighted by molar-refractivity contribution is 5.93. The number of rotatable bonds is 6. The summed E-state index contributed by atoms with van der Waals surface area (Å²) in [5.74, 6) is 0.706. The van der Waals surface area contributed by atoms with Crippen LogP contribution in [0.4, 0.5) is 10.5 Å². The van der Waals surface area contributed by atoms with Crippen molar-refractivity contribution in [3.63, 3.8) is 0 Å². The van der Waals surface area contributed by atoms with E-state index in [0.29, 0.717) is 39.3 Å². The lowest BCUT2D eigenvalue weighted by Gasteiger charge is -2.34. The Morgan fingerprint density at radius 2 is 1.85 bits per heavy atom. The van der Waals surface area contributed by atoms with Crippen molar-refractivity contribution in [3.05, 3.63) is 54.0 Å². The number of furan rings is 1. The van der Waals surface area contributed by atoms with E-state index in [0.717, 1.165) is 23.4 Å². The number of amides is 3. The van der Waals surface area contributed by atoms with Crippen molar-refractivity contribution in [1.82, 2.24) is 15.1 Å². The number of carbonyl (C=O) groups excluding carboxylic acids is 2. The Bertz CT molecular complexity index is 752. The molecule has 0 spiro atoms. The molecule has 0 radical (unpaired) electrons. The van der Waals surface area contributed by atoms with Gasteiger partial charge in [-0.3, -0.25) is 9.69 Å². The first-order valence-corrected chi connectivity index (χ1v) is 9.31. The van der Waals surface area contributed by atoms with Crippen LogP contribution in [0, 0.1) is 0 Å². The second-order valence-electron chi connectivity index (χ2n) is 6.56. The Morgan fingerprint density at radius 1 is 1.07 bits per heavy atom. The highest BCUT2D eigenvalue weighted by atomic mass is 16.3. The second kappa shape index (κ2) is 9.23. The third kappa shape index (κ3) is 5.34. The van der Waals surface area contributed by atoms with E-state index in [9.17, 15) is 9.59 Å². The van der Waals surface area contributed by atoms with Crippen LogP contribution in [0.15, 0.2) is 47.1 Å². The molecule has 7 nitrogen and oxygen atoms in total. The minimum atomic E-state index is -0.104. The van der Waals surface area contributed by atoms with Crippen molar-refractivity contribution in [2.45, 2.75) is 19.9 Å². The molecule has 0 bridgehead atoms. The van der Waals surface area contributed by atoms with E-state index >= 15 is 0 Å². The summed E-state index contributed by atoms with van der Waals surface area (Å²) in [6.07, 6.45) is 2.46. The fourth-order valence-corrected chi connectivity index (χ4v) is 3.14. The largest absolute Gasteiger partial charge is 0.467 e. The number of hydrogen-bond acceptors (Lipinski definition) is 4. The molecule has 27 heavy (non-hydrogen) atoms. The van der Waals surface area contributed by atoms with E-state index < -0.39 is 0 Å². The molecule has 1 fully saturated rings. The molecule has 0 aliphatic carbocycles. The second-order valence-corrected chi connectivity index (χ2v) is 6.56. The monoisotopic (exact) mass is 370 g/mol. The molecule has 2 aromatic rings. The minimum absolute atomic E-state index is 0.0216. The number of benzene rings is 1. The molecule has 1 aliphatic heterocycles. The number of piperazine rings is 1. The van der Waals surface area contributed by atoms with Crippen molar-refractivity contribution in [2.24, 2.45) is 0 Å². The van der Waals surface area contributed by atoms with Gasteiger partial charge in [0, 0.05) is 31.9 Å². The molecule has 0 atom stereocenters. The van der Waals surface area contributed by atoms with Gasteiger partial charge in [0.2, 0.25) is 5.91 Å². The van der Waals surface area contributed by atoms with Gasteiger partial charge in [-0.25, -0.2) is 4.79 Å². The first-order chi connectivity index (χ1) is 13.2. The summed E-state index contributed by atoms with van der Waals surface area (Å²) in [5, 5.41) is 5.85. The number of nitrogens with one attached hydrogen (secondary N) is 2. The normalized spacial score (nSPS) is 14.8. The molecular weight excluding hydrogens is 344 g/mol. The number of nitrogens with zero attached hydrogens (tertiary/aromatic N) is 2. The van der Waals surface area contributed by atoms with Gasteiger partial charge in [0.05, 0.1) is 19.4 Å². The minimum Gasteiger partial charge on any atom is -0.467 e. The van der Waals surface area contributed by atoms with E-state index in [4.69, 9.17) is 4.42 Å². The maximum atomic E-state index is 12.3. The molecule has 0 saturated carbocycles. The van der Waals surface area contributed by atoms with Gasteiger partial charge in [-0.1, -0.05) is 25.1 Å². The van der Waals surface area contributed by atoms with Crippen LogP contribution in [-0.4, -0.2) is 54.5 Å². The Balaban J connectivity index is 1.41. The van der Waals surface area contributed by atoms with Crippen LogP contribution in [0.25, 0.3) is 0 Å². The molecule has 1 aliphatic rings. The van der Waals surface area contributed by atoms with E-state index in [2.05, 4.69) is 22.5 Å². The Morgan fingerprint density at radius 3 is 2.56 bits per heavy atom. The van der Waals surface area contributed by atoms with Crippen LogP contribution in [-0.2, 0) is 17.8 Å². The number of anilines is 1. The smallest absolute Gasteiger partial charge is 0.317 e. The standard InChI is InChI=1S/C20H26N4O3/c1-2-16-6-3-4-8-18(16)22-19(25)15-23-9-11-24(12-10-23)20(26)21-14-17-7-5-13-27-17/h3-8,13H,2,9-12,14-15H2,1H3,(H,21,26)(H,22,25). The zero-order valence-corrected chi connectivity index (χ0v) is 15.6. The van der Waals surface area contributed by atoms with Crippen LogP contribution < -0.4 is 10.6 Å². The summed E-state index contributed by atoms with van der Waals surface area (Å²) in [6, 6.07) is 11.4. The molecular formula is C20H26N4O3. The Kier molecular flexibility index (Phi) is 6.49. The van der Waals surface area contributed by atoms with Gasteiger partial charge in [-0.05, 0) is 30.2 Å². The van der Waals surface area contributed by atoms with Gasteiger partial charge in [0.1, 0.15) is 5.76 Å². The van der Waals surface area contributed by atoms with Crippen molar-refractivity contribution in [2.75, 3.05) is 38.0 Å². The van der Waals surface area contributed by atoms with Gasteiger partial charge in [0.25, 0.3) is 0 Å². The number of para-hydroxylation sites is 1. The van der Waals surface area contributed by atoms with Crippen LogP contribution in [0.1, 0.15) is 18.2 Å². The fourth-order valence-electron chi connectivity index (χ4n) is 3.14. The van der Waals surface area contributed by atoms with Crippen molar-refractivity contribution < 1.29 is 14.0 Å². The first-order valence-electron chi connectivity index (χ1n) is 9.31. The summed E-state index contributed by atoms with van der Waals surface area (Å²) in [5.41, 5.74) is 2.00. The first kappa shape index (κ1) is 19.0. The third-order valence-corrected chi connectivity index (χ3v) is 4.69. The van der Waals surface area contributed by atoms with E-state index in [1.807, 2.05) is 30.3 Å². The molecule has 1 saturated heterocycles. The summed E-state index contributed by atoms with van der Waals surface area (Å²) in [7, 11) is 0. The fraction of sp³-hybridized carbons (Fsp3) is 0.400. The lowest BCUT2D eigenvalue weighted by Crippen LogP contribution is -2.52. The summed E-state index contributed by atoms with van der Waals surface area (Å²) < 4.78 is 5.21. The lowest BCUT2D eigenvalue weighted by atomic mass is 10.1. The van der Waals surface area contributed by atoms with E-state index in [-0.39, 0.29) is 11.9 Å². The Hall–Kier alpha value is -2.80. The predicted octanol–water partition coefficient (Wildman–Crippen LogP) is 2.31. The maximum absolute atomic E-state index is 12.3. The van der Waals surface area contributed by atoms with Gasteiger partial charge < -0.3 is 20.0 Å². The van der Waals surface area contributed by atoms with Crippen LogP contribution in [0.3, 0.4) is 0 Å². The zero-order chi connectivity index (χ0) is 19.1. The van der Waals surface area contributed by atoms with Crippen LogP contribution >= 0.6 is 0 Å². The topological polar surface area (TPSA) is 77.8 Å². The van der Waals surface area contributed by atoms with E-state index in [1.165, 1.54) is 0 Å². The quantitative estimate of drug-likeness (QED) is 0.818. The summed E-state index contributed by atoms with van der Waals surface area (Å²) in [4.78, 5) is 28.4. The number of aryl methyl sites for hydroxylation is 1. The molecule has 7 heteroatoms. The van der Waals surface area contributed by atoms with Crippen LogP contribution in [0.2, 0.25) is 0 Å². The lowest BCUT2D eigenvalue weighted by molar-refractivity contribution is -0.117. The SMILES string of the molecule is CCc1ccccc1NC(=O)CN1CCN(C(=O)NCc2ccco2)CC1. The average Bonchev–Trinajstić information content (AvgIpc) is 3.20. The maximum Gasteiger partial charge on any atom is 0.317 e. The van der Waals surface area contributed by atoms with Gasteiger partial charge in [-0.15, -0.1) is 0 Å². The number of hydrogen-bond donors (Lipinski definition) is 2. The molecule has 144 valence electrons. The predicted molar refractivity (Wildman–Crippen MR) is 103 cm³/mol. The highest BCUT2D eigenvalue weighted by Gasteiger charge is 2.22. The van der Waals surface area contributed by atoms with Crippen molar-refractivity contribution >= 4 is 17.6 Å².